The van der Waals surface area contributed by atoms with Crippen molar-refractivity contribution in [1.82, 2.24) is 9.55 Å². The lowest BCUT2D eigenvalue weighted by Crippen LogP contribution is -1.97. The van der Waals surface area contributed by atoms with Gasteiger partial charge in [-0.1, -0.05) is 24.3 Å². The van der Waals surface area contributed by atoms with E-state index >= 15 is 0 Å². The predicted molar refractivity (Wildman–Crippen MR) is 89.9 cm³/mol. The van der Waals surface area contributed by atoms with Gasteiger partial charge >= 0.3 is 0 Å². The molecule has 2 heterocycles. The number of hydrogen-bond acceptors (Lipinski definition) is 2. The lowest BCUT2D eigenvalue weighted by Gasteiger charge is -2.08. The average molecular weight is 288 g/mol. The van der Waals surface area contributed by atoms with E-state index in [0.29, 0.717) is 0 Å². The Kier molecular flexibility index (Phi) is 2.86. The summed E-state index contributed by atoms with van der Waals surface area (Å²) in [5, 5.41) is 2.45. The molecule has 0 aliphatic heterocycles. The number of aryl methyl sites for hydroxylation is 1. The van der Waals surface area contributed by atoms with Crippen LogP contribution >= 0.6 is 0 Å². The molecule has 4 aromatic rings. The summed E-state index contributed by atoms with van der Waals surface area (Å²) < 4.78 is 7.69. The highest BCUT2D eigenvalue weighted by molar-refractivity contribution is 6.09. The number of benzene rings is 2. The number of rotatable bonds is 2. The molecule has 2 aromatic heterocycles. The van der Waals surface area contributed by atoms with Gasteiger partial charge in [0.1, 0.15) is 11.6 Å². The first kappa shape index (κ1) is 12.9. The number of para-hydroxylation sites is 1. The van der Waals surface area contributed by atoms with Gasteiger partial charge in [0.2, 0.25) is 0 Å². The third kappa shape index (κ3) is 1.79. The van der Waals surface area contributed by atoms with Crippen LogP contribution in [-0.4, -0.2) is 16.7 Å². The number of ether oxygens (including phenoxy) is 1. The molecule has 2 aromatic carbocycles. The summed E-state index contributed by atoms with van der Waals surface area (Å²) in [5.41, 5.74) is 3.41. The number of methoxy groups -OCH3 is 1. The van der Waals surface area contributed by atoms with Gasteiger partial charge in [-0.05, 0) is 36.8 Å². The summed E-state index contributed by atoms with van der Waals surface area (Å²) in [6.07, 6.45) is 1.82. The molecule has 0 bridgehead atoms. The molecule has 0 unspecified atom stereocenters. The Morgan fingerprint density at radius 2 is 1.73 bits per heavy atom. The molecule has 3 nitrogen and oxygen atoms in total. The Labute approximate surface area is 128 Å². The molecule has 0 N–H and O–H groups in total. The zero-order valence-corrected chi connectivity index (χ0v) is 12.6. The fourth-order valence-corrected chi connectivity index (χ4v) is 3.06. The summed E-state index contributed by atoms with van der Waals surface area (Å²) in [7, 11) is 1.71. The smallest absolute Gasteiger partial charge is 0.137 e. The summed E-state index contributed by atoms with van der Waals surface area (Å²) in [6, 6.07) is 18.7. The van der Waals surface area contributed by atoms with Gasteiger partial charge in [-0.2, -0.15) is 0 Å². The monoisotopic (exact) mass is 288 g/mol. The van der Waals surface area contributed by atoms with E-state index in [1.165, 1.54) is 10.8 Å². The predicted octanol–water partition coefficient (Wildman–Crippen LogP) is 4.50. The Balaban J connectivity index is 2.20. The van der Waals surface area contributed by atoms with Crippen LogP contribution in [-0.2, 0) is 0 Å². The van der Waals surface area contributed by atoms with Gasteiger partial charge in [0.25, 0.3) is 0 Å². The summed E-state index contributed by atoms with van der Waals surface area (Å²) >= 11 is 0. The first-order valence-electron chi connectivity index (χ1n) is 7.29. The molecule has 0 saturated heterocycles. The van der Waals surface area contributed by atoms with Crippen LogP contribution in [0, 0.1) is 6.92 Å². The van der Waals surface area contributed by atoms with Crippen LogP contribution < -0.4 is 4.74 Å². The zero-order valence-electron chi connectivity index (χ0n) is 12.6. The second-order valence-corrected chi connectivity index (χ2v) is 5.38. The van der Waals surface area contributed by atoms with Crippen molar-refractivity contribution in [3.8, 4) is 11.6 Å². The van der Waals surface area contributed by atoms with E-state index in [-0.39, 0.29) is 0 Å². The van der Waals surface area contributed by atoms with Crippen molar-refractivity contribution in [2.45, 2.75) is 6.92 Å². The minimum Gasteiger partial charge on any atom is -0.496 e. The second kappa shape index (κ2) is 4.88. The van der Waals surface area contributed by atoms with E-state index < -0.39 is 0 Å². The van der Waals surface area contributed by atoms with E-state index in [1.54, 1.807) is 7.11 Å². The van der Waals surface area contributed by atoms with Crippen LogP contribution in [0.4, 0.5) is 0 Å². The summed E-state index contributed by atoms with van der Waals surface area (Å²) in [4.78, 5) is 4.52. The molecular weight excluding hydrogens is 272 g/mol. The molecule has 3 heteroatoms. The minimum absolute atomic E-state index is 0.896. The first-order chi connectivity index (χ1) is 10.8. The van der Waals surface area contributed by atoms with Crippen LogP contribution in [0.5, 0.6) is 5.75 Å². The minimum atomic E-state index is 0.896. The van der Waals surface area contributed by atoms with Gasteiger partial charge in [0, 0.05) is 23.0 Å². The van der Waals surface area contributed by atoms with Crippen molar-refractivity contribution in [3.63, 3.8) is 0 Å². The van der Waals surface area contributed by atoms with Crippen molar-refractivity contribution in [1.29, 1.82) is 0 Å². The molecule has 0 atom stereocenters. The topological polar surface area (TPSA) is 27.1 Å². The van der Waals surface area contributed by atoms with Crippen molar-refractivity contribution >= 4 is 21.8 Å². The summed E-state index contributed by atoms with van der Waals surface area (Å²) in [5.74, 6) is 1.81. The molecule has 0 aliphatic rings. The zero-order chi connectivity index (χ0) is 15.1. The normalized spacial score (nSPS) is 11.2. The maximum Gasteiger partial charge on any atom is 0.137 e. The third-order valence-electron chi connectivity index (χ3n) is 4.07. The Morgan fingerprint density at radius 3 is 2.50 bits per heavy atom. The first-order valence-corrected chi connectivity index (χ1v) is 7.29. The molecular formula is C19H16N2O. The van der Waals surface area contributed by atoms with Crippen molar-refractivity contribution in [2.75, 3.05) is 7.11 Å². The Hall–Kier alpha value is -2.81. The largest absolute Gasteiger partial charge is 0.496 e. The maximum atomic E-state index is 5.51. The standard InChI is InChI=1S/C19H16N2O/c1-13-11-15-14-7-3-4-8-16(14)21(17(15)12-18(13)22-2)19-9-5-6-10-20-19/h3-12H,1-2H3. The molecule has 0 aliphatic carbocycles. The molecule has 4 rings (SSSR count). The highest BCUT2D eigenvalue weighted by Crippen LogP contribution is 2.35. The lowest BCUT2D eigenvalue weighted by atomic mass is 10.1. The van der Waals surface area contributed by atoms with E-state index in [0.717, 1.165) is 28.2 Å². The van der Waals surface area contributed by atoms with E-state index in [1.807, 2.05) is 24.4 Å². The third-order valence-corrected chi connectivity index (χ3v) is 4.07. The average Bonchev–Trinajstić information content (AvgIpc) is 2.88. The van der Waals surface area contributed by atoms with E-state index in [2.05, 4.69) is 52.9 Å². The van der Waals surface area contributed by atoms with Crippen LogP contribution in [0.2, 0.25) is 0 Å². The maximum absolute atomic E-state index is 5.51. The number of fused-ring (bicyclic) bond motifs is 3. The highest BCUT2D eigenvalue weighted by Gasteiger charge is 2.14. The number of hydrogen-bond donors (Lipinski definition) is 0. The fourth-order valence-electron chi connectivity index (χ4n) is 3.06. The Bertz CT molecular complexity index is 971. The van der Waals surface area contributed by atoms with Crippen LogP contribution in [0.15, 0.2) is 60.8 Å². The number of pyridine rings is 1. The number of nitrogens with zero attached hydrogens (tertiary/aromatic N) is 2. The lowest BCUT2D eigenvalue weighted by molar-refractivity contribution is 0.412. The molecule has 0 amide bonds. The second-order valence-electron chi connectivity index (χ2n) is 5.38. The SMILES string of the molecule is COc1cc2c(cc1C)c1ccccc1n2-c1ccccn1. The van der Waals surface area contributed by atoms with Gasteiger partial charge in [0.05, 0.1) is 18.1 Å². The molecule has 0 spiro atoms. The fraction of sp³-hybridized carbons (Fsp3) is 0.105. The molecule has 0 radical (unpaired) electrons. The van der Waals surface area contributed by atoms with E-state index in [4.69, 9.17) is 4.74 Å². The van der Waals surface area contributed by atoms with Crippen LogP contribution in [0.25, 0.3) is 27.6 Å². The van der Waals surface area contributed by atoms with Gasteiger partial charge in [-0.15, -0.1) is 0 Å². The molecule has 108 valence electrons. The van der Waals surface area contributed by atoms with Crippen LogP contribution in [0.1, 0.15) is 5.56 Å². The molecule has 22 heavy (non-hydrogen) atoms. The highest BCUT2D eigenvalue weighted by atomic mass is 16.5. The van der Waals surface area contributed by atoms with Gasteiger partial charge in [-0.25, -0.2) is 4.98 Å². The van der Waals surface area contributed by atoms with Gasteiger partial charge in [-0.3, -0.25) is 4.57 Å². The van der Waals surface area contributed by atoms with Crippen molar-refractivity contribution < 1.29 is 4.74 Å². The number of aromatic nitrogens is 2. The summed E-state index contributed by atoms with van der Waals surface area (Å²) in [6.45, 7) is 2.07. The molecule has 0 saturated carbocycles. The van der Waals surface area contributed by atoms with Gasteiger partial charge in [0.15, 0.2) is 0 Å². The van der Waals surface area contributed by atoms with Crippen molar-refractivity contribution in [2.24, 2.45) is 0 Å². The van der Waals surface area contributed by atoms with Crippen molar-refractivity contribution in [3.05, 3.63) is 66.4 Å². The van der Waals surface area contributed by atoms with E-state index in [9.17, 15) is 0 Å². The molecule has 0 fully saturated rings. The quantitative estimate of drug-likeness (QED) is 0.543. The Morgan fingerprint density at radius 1 is 0.909 bits per heavy atom. The van der Waals surface area contributed by atoms with Gasteiger partial charge < -0.3 is 4.74 Å². The van der Waals surface area contributed by atoms with Crippen LogP contribution in [0.3, 0.4) is 0 Å².